The zero-order valence-electron chi connectivity index (χ0n) is 9.91. The normalized spacial score (nSPS) is 10.2. The van der Waals surface area contributed by atoms with Crippen LogP contribution in [0.25, 0.3) is 0 Å². The van der Waals surface area contributed by atoms with Crippen LogP contribution in [0.3, 0.4) is 0 Å². The molecule has 0 saturated carbocycles. The highest BCUT2D eigenvalue weighted by Gasteiger charge is 2.00. The van der Waals surface area contributed by atoms with Gasteiger partial charge in [0.25, 0.3) is 0 Å². The maximum absolute atomic E-state index is 5.95. The average molecular weight is 282 g/mol. The summed E-state index contributed by atoms with van der Waals surface area (Å²) >= 11 is 11.8. The van der Waals surface area contributed by atoms with Crippen LogP contribution in [0.1, 0.15) is 6.92 Å². The van der Waals surface area contributed by atoms with Gasteiger partial charge >= 0.3 is 0 Å². The van der Waals surface area contributed by atoms with E-state index in [0.29, 0.717) is 16.7 Å². The number of hydrogen-bond donors (Lipinski definition) is 1. The zero-order chi connectivity index (χ0) is 13.0. The van der Waals surface area contributed by atoms with Crippen LogP contribution in [-0.2, 0) is 0 Å². The van der Waals surface area contributed by atoms with Gasteiger partial charge in [-0.15, -0.1) is 0 Å². The van der Waals surface area contributed by atoms with Crippen molar-refractivity contribution in [1.29, 1.82) is 0 Å². The molecule has 0 aliphatic rings. The lowest BCUT2D eigenvalue weighted by Gasteiger charge is -2.08. The maximum Gasteiger partial charge on any atom is 0.119 e. The Hall–Kier alpha value is -1.38. The molecule has 0 heterocycles. The first-order valence-electron chi connectivity index (χ1n) is 5.64. The average Bonchev–Trinajstić information content (AvgIpc) is 2.37. The van der Waals surface area contributed by atoms with E-state index in [-0.39, 0.29) is 0 Å². The van der Waals surface area contributed by atoms with Crippen molar-refractivity contribution in [2.24, 2.45) is 0 Å². The fourth-order valence-corrected chi connectivity index (χ4v) is 1.84. The van der Waals surface area contributed by atoms with Gasteiger partial charge in [-0.2, -0.15) is 0 Å². The van der Waals surface area contributed by atoms with Crippen LogP contribution in [-0.4, -0.2) is 6.61 Å². The second kappa shape index (κ2) is 5.98. The first-order chi connectivity index (χ1) is 8.69. The Balaban J connectivity index is 2.10. The van der Waals surface area contributed by atoms with Crippen molar-refractivity contribution in [3.05, 3.63) is 52.5 Å². The Bertz CT molecular complexity index is 526. The molecule has 0 radical (unpaired) electrons. The Kier molecular flexibility index (Phi) is 4.34. The van der Waals surface area contributed by atoms with Crippen LogP contribution in [0.15, 0.2) is 42.5 Å². The van der Waals surface area contributed by atoms with Crippen LogP contribution in [0.2, 0.25) is 10.0 Å². The van der Waals surface area contributed by atoms with E-state index in [2.05, 4.69) is 5.32 Å². The van der Waals surface area contributed by atoms with E-state index in [1.807, 2.05) is 37.3 Å². The van der Waals surface area contributed by atoms with Crippen molar-refractivity contribution in [1.82, 2.24) is 0 Å². The summed E-state index contributed by atoms with van der Waals surface area (Å²) in [4.78, 5) is 0. The van der Waals surface area contributed by atoms with Gasteiger partial charge in [0.05, 0.1) is 16.7 Å². The van der Waals surface area contributed by atoms with Crippen molar-refractivity contribution in [2.75, 3.05) is 11.9 Å². The summed E-state index contributed by atoms with van der Waals surface area (Å²) in [7, 11) is 0. The number of benzene rings is 2. The van der Waals surface area contributed by atoms with Gasteiger partial charge in [0.1, 0.15) is 5.75 Å². The Morgan fingerprint density at radius 1 is 0.944 bits per heavy atom. The molecule has 0 aromatic heterocycles. The maximum atomic E-state index is 5.95. The van der Waals surface area contributed by atoms with Gasteiger partial charge in [0.15, 0.2) is 0 Å². The fraction of sp³-hybridized carbons (Fsp3) is 0.143. The van der Waals surface area contributed by atoms with Gasteiger partial charge in [-0.1, -0.05) is 23.2 Å². The van der Waals surface area contributed by atoms with Crippen molar-refractivity contribution < 1.29 is 4.74 Å². The lowest BCUT2D eigenvalue weighted by Crippen LogP contribution is -1.93. The molecule has 4 heteroatoms. The van der Waals surface area contributed by atoms with E-state index < -0.39 is 0 Å². The van der Waals surface area contributed by atoms with E-state index >= 15 is 0 Å². The molecule has 1 N–H and O–H groups in total. The van der Waals surface area contributed by atoms with Gasteiger partial charge in [-0.25, -0.2) is 0 Å². The molecule has 0 amide bonds. The molecule has 2 rings (SSSR count). The predicted octanol–water partition coefficient (Wildman–Crippen LogP) is 5.14. The Labute approximate surface area is 116 Å². The topological polar surface area (TPSA) is 21.3 Å². The number of anilines is 2. The summed E-state index contributed by atoms with van der Waals surface area (Å²) in [6.45, 7) is 2.63. The molecular weight excluding hydrogens is 269 g/mol. The van der Waals surface area contributed by atoms with Gasteiger partial charge < -0.3 is 10.1 Å². The van der Waals surface area contributed by atoms with E-state index in [4.69, 9.17) is 27.9 Å². The number of rotatable bonds is 4. The zero-order valence-corrected chi connectivity index (χ0v) is 11.4. The van der Waals surface area contributed by atoms with E-state index in [0.717, 1.165) is 17.1 Å². The van der Waals surface area contributed by atoms with Crippen LogP contribution in [0.4, 0.5) is 11.4 Å². The predicted molar refractivity (Wildman–Crippen MR) is 77.4 cm³/mol. The summed E-state index contributed by atoms with van der Waals surface area (Å²) in [6, 6.07) is 13.2. The van der Waals surface area contributed by atoms with E-state index in [9.17, 15) is 0 Å². The van der Waals surface area contributed by atoms with E-state index in [1.54, 1.807) is 12.1 Å². The molecule has 0 bridgehead atoms. The van der Waals surface area contributed by atoms with E-state index in [1.165, 1.54) is 0 Å². The molecule has 0 aliphatic carbocycles. The highest BCUT2D eigenvalue weighted by atomic mass is 35.5. The second-order valence-electron chi connectivity index (χ2n) is 3.71. The van der Waals surface area contributed by atoms with Gasteiger partial charge in [0.2, 0.25) is 0 Å². The molecule has 0 spiro atoms. The third-order valence-electron chi connectivity index (χ3n) is 2.37. The van der Waals surface area contributed by atoms with Crippen LogP contribution >= 0.6 is 23.2 Å². The smallest absolute Gasteiger partial charge is 0.119 e. The van der Waals surface area contributed by atoms with Gasteiger partial charge in [-0.3, -0.25) is 0 Å². The summed E-state index contributed by atoms with van der Waals surface area (Å²) < 4.78 is 5.38. The number of halogens is 2. The quantitative estimate of drug-likeness (QED) is 0.838. The minimum atomic E-state index is 0.535. The SMILES string of the molecule is CCOc1ccc(Nc2ccc(Cl)c(Cl)c2)cc1. The molecule has 2 aromatic carbocycles. The van der Waals surface area contributed by atoms with Crippen molar-refractivity contribution >= 4 is 34.6 Å². The van der Waals surface area contributed by atoms with Gasteiger partial charge in [-0.05, 0) is 49.4 Å². The summed E-state index contributed by atoms with van der Waals surface area (Å²) in [5.74, 6) is 0.859. The largest absolute Gasteiger partial charge is 0.494 e. The fourth-order valence-electron chi connectivity index (χ4n) is 1.54. The van der Waals surface area contributed by atoms with Crippen LogP contribution < -0.4 is 10.1 Å². The summed E-state index contributed by atoms with van der Waals surface area (Å²) in [5.41, 5.74) is 1.87. The molecule has 18 heavy (non-hydrogen) atoms. The van der Waals surface area contributed by atoms with Crippen molar-refractivity contribution in [3.8, 4) is 5.75 Å². The molecule has 2 aromatic rings. The monoisotopic (exact) mass is 281 g/mol. The minimum Gasteiger partial charge on any atom is -0.494 e. The third kappa shape index (κ3) is 3.31. The van der Waals surface area contributed by atoms with Gasteiger partial charge in [0, 0.05) is 11.4 Å². The molecule has 0 aliphatic heterocycles. The molecule has 0 atom stereocenters. The third-order valence-corrected chi connectivity index (χ3v) is 3.11. The Morgan fingerprint density at radius 2 is 1.61 bits per heavy atom. The lowest BCUT2D eigenvalue weighted by atomic mass is 10.2. The summed E-state index contributed by atoms with van der Waals surface area (Å²) in [6.07, 6.45) is 0. The first-order valence-corrected chi connectivity index (χ1v) is 6.39. The highest BCUT2D eigenvalue weighted by molar-refractivity contribution is 6.42. The van der Waals surface area contributed by atoms with Crippen molar-refractivity contribution in [2.45, 2.75) is 6.92 Å². The second-order valence-corrected chi connectivity index (χ2v) is 4.53. The van der Waals surface area contributed by atoms with Crippen molar-refractivity contribution in [3.63, 3.8) is 0 Å². The molecule has 0 saturated heterocycles. The lowest BCUT2D eigenvalue weighted by molar-refractivity contribution is 0.340. The minimum absolute atomic E-state index is 0.535. The number of ether oxygens (including phenoxy) is 1. The van der Waals surface area contributed by atoms with Crippen LogP contribution in [0.5, 0.6) is 5.75 Å². The first kappa shape index (κ1) is 13.1. The standard InChI is InChI=1S/C14H13Cl2NO/c1-2-18-12-6-3-10(4-7-12)17-11-5-8-13(15)14(16)9-11/h3-9,17H,2H2,1H3. The molecule has 2 nitrogen and oxygen atoms in total. The molecule has 94 valence electrons. The number of nitrogens with one attached hydrogen (secondary N) is 1. The molecule has 0 unspecified atom stereocenters. The number of hydrogen-bond acceptors (Lipinski definition) is 2. The van der Waals surface area contributed by atoms with Crippen LogP contribution in [0, 0.1) is 0 Å². The Morgan fingerprint density at radius 3 is 2.22 bits per heavy atom. The molecule has 0 fully saturated rings. The molecular formula is C14H13Cl2NO. The highest BCUT2D eigenvalue weighted by Crippen LogP contribution is 2.27. The summed E-state index contributed by atoms with van der Waals surface area (Å²) in [5, 5.41) is 4.33.